The molecular weight excluding hydrogens is 382 g/mol. The predicted octanol–water partition coefficient (Wildman–Crippen LogP) is 0.616. The predicted molar refractivity (Wildman–Crippen MR) is 102 cm³/mol. The number of rotatable bonds is 3. The maximum absolute atomic E-state index is 13.2. The molecule has 0 bridgehead atoms. The van der Waals surface area contributed by atoms with Gasteiger partial charge in [-0.15, -0.1) is 0 Å². The van der Waals surface area contributed by atoms with Gasteiger partial charge in [-0.1, -0.05) is 6.92 Å². The van der Waals surface area contributed by atoms with E-state index in [1.165, 1.54) is 4.68 Å². The molecule has 9 heteroatoms. The van der Waals surface area contributed by atoms with Gasteiger partial charge in [-0.3, -0.25) is 9.59 Å². The van der Waals surface area contributed by atoms with Crippen LogP contribution in [0.2, 0.25) is 0 Å². The normalized spacial score (nSPS) is 30.1. The minimum atomic E-state index is -3.11. The lowest BCUT2D eigenvalue weighted by atomic mass is 9.79. The lowest BCUT2D eigenvalue weighted by Crippen LogP contribution is -2.33. The topological polar surface area (TPSA) is 121 Å². The molecule has 2 saturated heterocycles. The number of hydrogen-bond acceptors (Lipinski definition) is 6. The van der Waals surface area contributed by atoms with Crippen LogP contribution in [0.3, 0.4) is 0 Å². The number of ether oxygens (including phenoxy) is 1. The highest BCUT2D eigenvalue weighted by Gasteiger charge is 2.45. The van der Waals surface area contributed by atoms with Gasteiger partial charge in [0.2, 0.25) is 11.8 Å². The summed E-state index contributed by atoms with van der Waals surface area (Å²) < 4.78 is 31.1. The van der Waals surface area contributed by atoms with Crippen molar-refractivity contribution in [2.75, 3.05) is 24.7 Å². The van der Waals surface area contributed by atoms with Crippen LogP contribution in [0.4, 0.5) is 0 Å². The Morgan fingerprint density at radius 3 is 2.54 bits per heavy atom. The zero-order valence-corrected chi connectivity index (χ0v) is 17.0. The fraction of sp³-hybridized carbons (Fsp3) is 0.737. The Morgan fingerprint density at radius 1 is 1.21 bits per heavy atom. The lowest BCUT2D eigenvalue weighted by molar-refractivity contribution is -0.122. The summed E-state index contributed by atoms with van der Waals surface area (Å²) in [5.74, 6) is -0.747. The maximum Gasteiger partial charge on any atom is 0.250 e. The molecule has 1 unspecified atom stereocenters. The summed E-state index contributed by atoms with van der Waals surface area (Å²) in [5.41, 5.74) is 7.34. The van der Waals surface area contributed by atoms with Crippen LogP contribution in [0.15, 0.2) is 0 Å². The second-order valence-electron chi connectivity index (χ2n) is 8.66. The van der Waals surface area contributed by atoms with Crippen molar-refractivity contribution in [2.45, 2.75) is 50.9 Å². The fourth-order valence-electron chi connectivity index (χ4n) is 4.84. The summed E-state index contributed by atoms with van der Waals surface area (Å²) in [4.78, 5) is 25.0. The van der Waals surface area contributed by atoms with Crippen LogP contribution in [0.5, 0.6) is 0 Å². The van der Waals surface area contributed by atoms with E-state index in [2.05, 4.69) is 5.10 Å². The minimum absolute atomic E-state index is 0.0498. The van der Waals surface area contributed by atoms with Gasteiger partial charge in [0.25, 0.3) is 0 Å². The molecule has 0 radical (unpaired) electrons. The molecular formula is C19H27N3O5S. The molecule has 4 rings (SSSR count). The number of nitrogens with zero attached hydrogens (tertiary/aromatic N) is 2. The van der Waals surface area contributed by atoms with Gasteiger partial charge < -0.3 is 10.5 Å². The molecule has 1 amide bonds. The number of nitrogens with two attached hydrogens (primary N) is 1. The van der Waals surface area contributed by atoms with Crippen molar-refractivity contribution in [2.24, 2.45) is 17.6 Å². The van der Waals surface area contributed by atoms with Crippen LogP contribution in [-0.2, 0) is 37.6 Å². The number of carbonyl (C=O) groups excluding carboxylic acids is 2. The highest BCUT2D eigenvalue weighted by atomic mass is 32.2. The average Bonchev–Trinajstić information content (AvgIpc) is 3.19. The highest BCUT2D eigenvalue weighted by molar-refractivity contribution is 7.91. The van der Waals surface area contributed by atoms with Crippen LogP contribution in [0.1, 0.15) is 54.4 Å². The van der Waals surface area contributed by atoms with Crippen LogP contribution in [-0.4, -0.2) is 54.7 Å². The van der Waals surface area contributed by atoms with E-state index in [9.17, 15) is 18.0 Å². The fourth-order valence-corrected chi connectivity index (χ4v) is 6.99. The third-order valence-corrected chi connectivity index (χ3v) is 8.43. The van der Waals surface area contributed by atoms with Crippen molar-refractivity contribution in [1.82, 2.24) is 9.78 Å². The number of primary amides is 1. The zero-order chi connectivity index (χ0) is 20.1. The van der Waals surface area contributed by atoms with E-state index in [0.717, 1.165) is 11.3 Å². The Balaban J connectivity index is 1.77. The first kappa shape index (κ1) is 19.6. The van der Waals surface area contributed by atoms with Crippen LogP contribution < -0.4 is 5.73 Å². The summed E-state index contributed by atoms with van der Waals surface area (Å²) in [6.45, 7) is 3.02. The summed E-state index contributed by atoms with van der Waals surface area (Å²) in [5, 5.41) is 4.69. The van der Waals surface area contributed by atoms with Crippen molar-refractivity contribution in [3.63, 3.8) is 0 Å². The van der Waals surface area contributed by atoms with Crippen LogP contribution in [0, 0.1) is 11.8 Å². The van der Waals surface area contributed by atoms with Gasteiger partial charge in [-0.25, -0.2) is 13.1 Å². The van der Waals surface area contributed by atoms with Gasteiger partial charge in [0.15, 0.2) is 9.84 Å². The first-order chi connectivity index (χ1) is 13.2. The van der Waals surface area contributed by atoms with Gasteiger partial charge in [-0.2, -0.15) is 5.10 Å². The largest absolute Gasteiger partial charge is 0.381 e. The molecule has 1 aromatic heterocycles. The number of hydrogen-bond donors (Lipinski definition) is 1. The van der Waals surface area contributed by atoms with E-state index >= 15 is 0 Å². The standard InChI is InChI=1S/C19H27N3O5S/c1-19(6-9-28(25,26)11-19)16-14-3-2-13(17(20)23)10-15(14)22(21-16)18(24)12-4-7-27-8-5-12/h12-13H,2-11H2,1H3,(H2,20,23)/t13?,19-/m1/s1. The molecule has 0 aromatic carbocycles. The summed E-state index contributed by atoms with van der Waals surface area (Å²) >= 11 is 0. The molecule has 1 aliphatic carbocycles. The van der Waals surface area contributed by atoms with Gasteiger partial charge in [0, 0.05) is 36.9 Å². The zero-order valence-electron chi connectivity index (χ0n) is 16.1. The SMILES string of the molecule is C[C@@]1(c2nn(C(=O)C3CCOCC3)c3c2CCC(C(N)=O)C3)CCS(=O)(=O)C1. The molecule has 3 heterocycles. The number of carbonyl (C=O) groups is 2. The van der Waals surface area contributed by atoms with E-state index in [0.29, 0.717) is 57.4 Å². The number of sulfone groups is 1. The van der Waals surface area contributed by atoms with E-state index in [1.54, 1.807) is 0 Å². The second-order valence-corrected chi connectivity index (χ2v) is 10.8. The van der Waals surface area contributed by atoms with Crippen molar-refractivity contribution >= 4 is 21.7 Å². The molecule has 2 aliphatic heterocycles. The first-order valence-corrected chi connectivity index (χ1v) is 11.8. The van der Waals surface area contributed by atoms with Crippen molar-refractivity contribution < 1.29 is 22.7 Å². The Morgan fingerprint density at radius 2 is 1.93 bits per heavy atom. The molecule has 2 fully saturated rings. The molecule has 2 N–H and O–H groups in total. The maximum atomic E-state index is 13.2. The van der Waals surface area contributed by atoms with Gasteiger partial charge in [-0.05, 0) is 37.7 Å². The Labute approximate surface area is 164 Å². The molecule has 154 valence electrons. The Hall–Kier alpha value is -1.74. The Kier molecular flexibility index (Phi) is 4.86. The van der Waals surface area contributed by atoms with Gasteiger partial charge in [0.05, 0.1) is 22.9 Å². The molecule has 0 saturated carbocycles. The van der Waals surface area contributed by atoms with Gasteiger partial charge in [0.1, 0.15) is 0 Å². The summed E-state index contributed by atoms with van der Waals surface area (Å²) in [6.07, 6.45) is 3.38. The Bertz CT molecular complexity index is 916. The number of fused-ring (bicyclic) bond motifs is 1. The number of amides is 1. The third-order valence-electron chi connectivity index (χ3n) is 6.53. The molecule has 8 nitrogen and oxygen atoms in total. The van der Waals surface area contributed by atoms with Crippen molar-refractivity contribution in [3.8, 4) is 0 Å². The monoisotopic (exact) mass is 409 g/mol. The van der Waals surface area contributed by atoms with E-state index in [4.69, 9.17) is 10.5 Å². The second kappa shape index (κ2) is 6.95. The van der Waals surface area contributed by atoms with Crippen LogP contribution >= 0.6 is 0 Å². The third kappa shape index (κ3) is 3.39. The van der Waals surface area contributed by atoms with E-state index in [-0.39, 0.29) is 35.2 Å². The lowest BCUT2D eigenvalue weighted by Gasteiger charge is -2.25. The van der Waals surface area contributed by atoms with Crippen LogP contribution in [0.25, 0.3) is 0 Å². The number of aromatic nitrogens is 2. The average molecular weight is 410 g/mol. The molecule has 0 spiro atoms. The molecule has 1 aromatic rings. The molecule has 2 atom stereocenters. The highest BCUT2D eigenvalue weighted by Crippen LogP contribution is 2.40. The smallest absolute Gasteiger partial charge is 0.250 e. The quantitative estimate of drug-likeness (QED) is 0.781. The minimum Gasteiger partial charge on any atom is -0.381 e. The van der Waals surface area contributed by atoms with E-state index in [1.807, 2.05) is 6.92 Å². The van der Waals surface area contributed by atoms with Crippen molar-refractivity contribution in [3.05, 3.63) is 17.0 Å². The molecule has 28 heavy (non-hydrogen) atoms. The van der Waals surface area contributed by atoms with Crippen molar-refractivity contribution in [1.29, 1.82) is 0 Å². The van der Waals surface area contributed by atoms with E-state index < -0.39 is 15.3 Å². The molecule has 3 aliphatic rings. The summed E-state index contributed by atoms with van der Waals surface area (Å²) in [6, 6.07) is 0. The summed E-state index contributed by atoms with van der Waals surface area (Å²) in [7, 11) is -3.11. The first-order valence-electron chi connectivity index (χ1n) is 9.93. The van der Waals surface area contributed by atoms with Gasteiger partial charge >= 0.3 is 0 Å².